The molecule has 3 nitrogen and oxygen atoms in total. The molecule has 0 aromatic heterocycles. The molecule has 1 atom stereocenters. The Kier molecular flexibility index (Phi) is 3.40. The van der Waals surface area contributed by atoms with Gasteiger partial charge >= 0.3 is 0 Å². The van der Waals surface area contributed by atoms with Gasteiger partial charge in [-0.2, -0.15) is 0 Å². The Morgan fingerprint density at radius 3 is 2.47 bits per heavy atom. The molecule has 0 bridgehead atoms. The van der Waals surface area contributed by atoms with Crippen molar-refractivity contribution in [3.8, 4) is 5.75 Å². The van der Waals surface area contributed by atoms with Gasteiger partial charge in [0.2, 0.25) is 0 Å². The Morgan fingerprint density at radius 1 is 1.05 bits per heavy atom. The average Bonchev–Trinajstić information content (AvgIpc) is 2.48. The van der Waals surface area contributed by atoms with Crippen LogP contribution in [0, 0.1) is 5.92 Å². The molecule has 2 aromatic rings. The number of aromatic hydroxyl groups is 1. The molecule has 1 fully saturated rings. The maximum Gasteiger partial charge on any atom is 0.123 e. The fourth-order valence-corrected chi connectivity index (χ4v) is 2.93. The Balaban J connectivity index is 2.02. The van der Waals surface area contributed by atoms with Gasteiger partial charge in [0, 0.05) is 24.6 Å². The molecule has 100 valence electrons. The van der Waals surface area contributed by atoms with E-state index < -0.39 is 0 Å². The summed E-state index contributed by atoms with van der Waals surface area (Å²) >= 11 is 0. The molecule has 0 amide bonds. The zero-order chi connectivity index (χ0) is 13.2. The van der Waals surface area contributed by atoms with Crippen LogP contribution in [0.5, 0.6) is 5.75 Å². The highest BCUT2D eigenvalue weighted by atomic mass is 16.5. The summed E-state index contributed by atoms with van der Waals surface area (Å²) in [7, 11) is 0. The number of nitrogens with two attached hydrogens (primary N) is 1. The van der Waals surface area contributed by atoms with E-state index in [9.17, 15) is 5.11 Å². The van der Waals surface area contributed by atoms with Crippen molar-refractivity contribution >= 4 is 10.8 Å². The van der Waals surface area contributed by atoms with Crippen LogP contribution in [0.2, 0.25) is 0 Å². The SMILES string of the molecule is N[C@@H](c1ccc(O)c2ccccc12)C1CCOCC1. The monoisotopic (exact) mass is 257 g/mol. The zero-order valence-corrected chi connectivity index (χ0v) is 10.9. The molecule has 1 heterocycles. The highest BCUT2D eigenvalue weighted by Crippen LogP contribution is 2.35. The largest absolute Gasteiger partial charge is 0.507 e. The molecule has 3 heteroatoms. The maximum absolute atomic E-state index is 9.93. The lowest BCUT2D eigenvalue weighted by atomic mass is 9.85. The van der Waals surface area contributed by atoms with Crippen LogP contribution in [0.1, 0.15) is 24.4 Å². The molecule has 0 aliphatic carbocycles. The first kappa shape index (κ1) is 12.5. The summed E-state index contributed by atoms with van der Waals surface area (Å²) in [5.41, 5.74) is 7.57. The molecule has 2 aromatic carbocycles. The number of rotatable bonds is 2. The summed E-state index contributed by atoms with van der Waals surface area (Å²) in [4.78, 5) is 0. The minimum absolute atomic E-state index is 0.00870. The van der Waals surface area contributed by atoms with E-state index in [0.29, 0.717) is 11.7 Å². The summed E-state index contributed by atoms with van der Waals surface area (Å²) in [5.74, 6) is 0.778. The van der Waals surface area contributed by atoms with Crippen molar-refractivity contribution in [2.45, 2.75) is 18.9 Å². The van der Waals surface area contributed by atoms with Crippen molar-refractivity contribution in [1.29, 1.82) is 0 Å². The van der Waals surface area contributed by atoms with Gasteiger partial charge in [0.15, 0.2) is 0 Å². The fourth-order valence-electron chi connectivity index (χ4n) is 2.93. The van der Waals surface area contributed by atoms with Crippen LogP contribution in [-0.4, -0.2) is 18.3 Å². The number of hydrogen-bond acceptors (Lipinski definition) is 3. The number of benzene rings is 2. The third-order valence-corrected chi connectivity index (χ3v) is 4.07. The molecule has 0 saturated carbocycles. The van der Waals surface area contributed by atoms with E-state index in [-0.39, 0.29) is 6.04 Å². The van der Waals surface area contributed by atoms with Gasteiger partial charge < -0.3 is 15.6 Å². The topological polar surface area (TPSA) is 55.5 Å². The van der Waals surface area contributed by atoms with Crippen LogP contribution in [-0.2, 0) is 4.74 Å². The Hall–Kier alpha value is -1.58. The van der Waals surface area contributed by atoms with Gasteiger partial charge in [-0.05, 0) is 35.8 Å². The van der Waals surface area contributed by atoms with Crippen molar-refractivity contribution in [2.24, 2.45) is 11.7 Å². The van der Waals surface area contributed by atoms with Crippen LogP contribution in [0.4, 0.5) is 0 Å². The average molecular weight is 257 g/mol. The molecular weight excluding hydrogens is 238 g/mol. The summed E-state index contributed by atoms with van der Waals surface area (Å²) in [6.07, 6.45) is 2.02. The first-order valence-electron chi connectivity index (χ1n) is 6.81. The van der Waals surface area contributed by atoms with Crippen LogP contribution >= 0.6 is 0 Å². The zero-order valence-electron chi connectivity index (χ0n) is 10.9. The van der Waals surface area contributed by atoms with Crippen LogP contribution in [0.15, 0.2) is 36.4 Å². The van der Waals surface area contributed by atoms with E-state index in [0.717, 1.165) is 42.4 Å². The standard InChI is InChI=1S/C16H19NO2/c17-16(11-7-9-19-10-8-11)14-5-6-15(18)13-4-2-1-3-12(13)14/h1-6,11,16,18H,7-10,17H2/t16-/m1/s1. The molecule has 3 rings (SSSR count). The van der Waals surface area contributed by atoms with Crippen LogP contribution in [0.25, 0.3) is 10.8 Å². The van der Waals surface area contributed by atoms with Crippen molar-refractivity contribution < 1.29 is 9.84 Å². The normalized spacial score (nSPS) is 18.6. The van der Waals surface area contributed by atoms with Gasteiger partial charge in [0.25, 0.3) is 0 Å². The summed E-state index contributed by atoms with van der Waals surface area (Å²) in [5, 5.41) is 11.9. The predicted octanol–water partition coefficient (Wildman–Crippen LogP) is 2.97. The van der Waals surface area contributed by atoms with E-state index in [1.165, 1.54) is 0 Å². The van der Waals surface area contributed by atoms with Crippen molar-refractivity contribution in [3.05, 3.63) is 42.0 Å². The third-order valence-electron chi connectivity index (χ3n) is 4.07. The van der Waals surface area contributed by atoms with E-state index in [2.05, 4.69) is 0 Å². The van der Waals surface area contributed by atoms with Gasteiger partial charge in [-0.25, -0.2) is 0 Å². The maximum atomic E-state index is 9.93. The van der Waals surface area contributed by atoms with Crippen LogP contribution < -0.4 is 5.73 Å². The number of fused-ring (bicyclic) bond motifs is 1. The Morgan fingerprint density at radius 2 is 1.74 bits per heavy atom. The molecule has 1 aliphatic heterocycles. The fraction of sp³-hybridized carbons (Fsp3) is 0.375. The molecule has 0 unspecified atom stereocenters. The van der Waals surface area contributed by atoms with Gasteiger partial charge in [0.1, 0.15) is 5.75 Å². The second-order valence-electron chi connectivity index (χ2n) is 5.20. The highest BCUT2D eigenvalue weighted by Gasteiger charge is 2.23. The summed E-state index contributed by atoms with van der Waals surface area (Å²) in [6, 6.07) is 11.6. The van der Waals surface area contributed by atoms with Crippen LogP contribution in [0.3, 0.4) is 0 Å². The molecular formula is C16H19NO2. The smallest absolute Gasteiger partial charge is 0.123 e. The van der Waals surface area contributed by atoms with Gasteiger partial charge in [0.05, 0.1) is 0 Å². The number of hydrogen-bond donors (Lipinski definition) is 2. The van der Waals surface area contributed by atoms with E-state index in [4.69, 9.17) is 10.5 Å². The summed E-state index contributed by atoms with van der Waals surface area (Å²) in [6.45, 7) is 1.60. The molecule has 1 aliphatic rings. The number of phenolic OH excluding ortho intramolecular Hbond substituents is 1. The lowest BCUT2D eigenvalue weighted by Crippen LogP contribution is -2.27. The first-order chi connectivity index (χ1) is 9.27. The van der Waals surface area contributed by atoms with Crippen molar-refractivity contribution in [2.75, 3.05) is 13.2 Å². The predicted molar refractivity (Wildman–Crippen MR) is 76.1 cm³/mol. The lowest BCUT2D eigenvalue weighted by Gasteiger charge is -2.28. The molecule has 0 radical (unpaired) electrons. The lowest BCUT2D eigenvalue weighted by molar-refractivity contribution is 0.0585. The third kappa shape index (κ3) is 2.31. The molecule has 3 N–H and O–H groups in total. The number of ether oxygens (including phenoxy) is 1. The molecule has 19 heavy (non-hydrogen) atoms. The molecule has 1 saturated heterocycles. The highest BCUT2D eigenvalue weighted by molar-refractivity contribution is 5.91. The van der Waals surface area contributed by atoms with Crippen molar-refractivity contribution in [1.82, 2.24) is 0 Å². The Bertz CT molecular complexity index is 576. The quantitative estimate of drug-likeness (QED) is 0.869. The van der Waals surface area contributed by atoms with Gasteiger partial charge in [-0.3, -0.25) is 0 Å². The van der Waals surface area contributed by atoms with Gasteiger partial charge in [-0.15, -0.1) is 0 Å². The van der Waals surface area contributed by atoms with Crippen molar-refractivity contribution in [3.63, 3.8) is 0 Å². The van der Waals surface area contributed by atoms with E-state index >= 15 is 0 Å². The second kappa shape index (κ2) is 5.19. The second-order valence-corrected chi connectivity index (χ2v) is 5.20. The van der Waals surface area contributed by atoms with Gasteiger partial charge in [-0.1, -0.05) is 30.3 Å². The minimum atomic E-state index is 0.00870. The summed E-state index contributed by atoms with van der Waals surface area (Å²) < 4.78 is 5.40. The minimum Gasteiger partial charge on any atom is -0.507 e. The Labute approximate surface area is 113 Å². The van der Waals surface area contributed by atoms with E-state index in [1.54, 1.807) is 6.07 Å². The van der Waals surface area contributed by atoms with E-state index in [1.807, 2.05) is 30.3 Å². The number of phenols is 1. The first-order valence-corrected chi connectivity index (χ1v) is 6.81. The molecule has 0 spiro atoms.